The van der Waals surface area contributed by atoms with Crippen LogP contribution < -0.4 is 0 Å². The summed E-state index contributed by atoms with van der Waals surface area (Å²) < 4.78 is 5.68. The lowest BCUT2D eigenvalue weighted by atomic mass is 10.1. The van der Waals surface area contributed by atoms with Gasteiger partial charge in [-0.25, -0.2) is 0 Å². The van der Waals surface area contributed by atoms with Crippen molar-refractivity contribution in [3.05, 3.63) is 35.4 Å². The van der Waals surface area contributed by atoms with Crippen molar-refractivity contribution in [2.45, 2.75) is 33.5 Å². The largest absolute Gasteiger partial charge is 0.374 e. The predicted molar refractivity (Wildman–Crippen MR) is 60.2 cm³/mol. The Bertz CT molecular complexity index is 352. The third kappa shape index (κ3) is 3.38. The average Bonchev–Trinajstić information content (AvgIpc) is 2.26. The Morgan fingerprint density at radius 1 is 1.27 bits per heavy atom. The van der Waals surface area contributed by atoms with E-state index in [1.807, 2.05) is 24.3 Å². The number of benzene rings is 1. The molecular formula is C13H17NO. The molecular weight excluding hydrogens is 186 g/mol. The number of hydrogen-bond donors (Lipinski definition) is 0. The molecule has 1 rings (SSSR count). The van der Waals surface area contributed by atoms with E-state index in [2.05, 4.69) is 26.8 Å². The molecule has 2 nitrogen and oxygen atoms in total. The van der Waals surface area contributed by atoms with Crippen LogP contribution in [0.15, 0.2) is 24.3 Å². The van der Waals surface area contributed by atoms with Crippen LogP contribution in [0.4, 0.5) is 0 Å². The second kappa shape index (κ2) is 5.53. The van der Waals surface area contributed by atoms with Crippen molar-refractivity contribution in [2.75, 3.05) is 0 Å². The third-order valence-electron chi connectivity index (χ3n) is 2.58. The molecule has 0 bridgehead atoms. The number of hydrogen-bond acceptors (Lipinski definition) is 2. The van der Waals surface area contributed by atoms with Crippen molar-refractivity contribution in [1.82, 2.24) is 0 Å². The minimum Gasteiger partial charge on any atom is -0.374 e. The molecule has 80 valence electrons. The maximum Gasteiger partial charge on any atom is 0.0995 e. The van der Waals surface area contributed by atoms with Crippen LogP contribution in [0.1, 0.15) is 31.9 Å². The van der Waals surface area contributed by atoms with Crippen molar-refractivity contribution in [3.63, 3.8) is 0 Å². The fourth-order valence-electron chi connectivity index (χ4n) is 1.17. The molecule has 0 aliphatic carbocycles. The van der Waals surface area contributed by atoms with Gasteiger partial charge >= 0.3 is 0 Å². The number of nitriles is 1. The van der Waals surface area contributed by atoms with Gasteiger partial charge in [0, 0.05) is 0 Å². The highest BCUT2D eigenvalue weighted by Gasteiger charge is 2.08. The first-order valence-electron chi connectivity index (χ1n) is 5.24. The van der Waals surface area contributed by atoms with E-state index in [1.54, 1.807) is 0 Å². The van der Waals surface area contributed by atoms with Crippen LogP contribution in [0.3, 0.4) is 0 Å². The molecule has 0 aliphatic rings. The average molecular weight is 203 g/mol. The lowest BCUT2D eigenvalue weighted by molar-refractivity contribution is 0.0234. The van der Waals surface area contributed by atoms with Crippen molar-refractivity contribution in [2.24, 2.45) is 5.92 Å². The van der Waals surface area contributed by atoms with Crippen molar-refractivity contribution >= 4 is 0 Å². The molecule has 0 saturated carbocycles. The Morgan fingerprint density at radius 2 is 1.93 bits per heavy atom. The molecule has 0 aromatic heterocycles. The summed E-state index contributed by atoms with van der Waals surface area (Å²) in [5.74, 6) is 0.499. The zero-order valence-electron chi connectivity index (χ0n) is 9.53. The summed E-state index contributed by atoms with van der Waals surface area (Å²) in [5.41, 5.74) is 1.67. The highest BCUT2D eigenvalue weighted by molar-refractivity contribution is 5.36. The molecule has 0 saturated heterocycles. The number of ether oxygens (including phenoxy) is 1. The molecule has 2 heteroatoms. The second-order valence-corrected chi connectivity index (χ2v) is 4.03. The molecule has 1 aromatic carbocycles. The fourth-order valence-corrected chi connectivity index (χ4v) is 1.17. The Hall–Kier alpha value is -1.33. The zero-order valence-corrected chi connectivity index (χ0v) is 9.53. The highest BCUT2D eigenvalue weighted by atomic mass is 16.5. The summed E-state index contributed by atoms with van der Waals surface area (Å²) in [6.45, 7) is 6.82. The SMILES string of the molecule is CC(C)C(C)OCc1ccccc1C#N. The first-order valence-corrected chi connectivity index (χ1v) is 5.24. The zero-order chi connectivity index (χ0) is 11.3. The van der Waals surface area contributed by atoms with E-state index in [0.29, 0.717) is 18.1 Å². The third-order valence-corrected chi connectivity index (χ3v) is 2.58. The van der Waals surface area contributed by atoms with Gasteiger partial charge in [-0.05, 0) is 24.5 Å². The normalized spacial score (nSPS) is 12.5. The van der Waals surface area contributed by atoms with Crippen molar-refractivity contribution < 1.29 is 4.74 Å². The Balaban J connectivity index is 2.62. The quantitative estimate of drug-likeness (QED) is 0.753. The predicted octanol–water partition coefficient (Wildman–Crippen LogP) is 3.12. The lowest BCUT2D eigenvalue weighted by Gasteiger charge is -2.16. The first kappa shape index (κ1) is 11.7. The standard InChI is InChI=1S/C13H17NO/c1-10(2)11(3)15-9-13-7-5-4-6-12(13)8-14/h4-7,10-11H,9H2,1-3H3. The molecule has 0 heterocycles. The summed E-state index contributed by atoms with van der Waals surface area (Å²) in [6, 6.07) is 9.72. The molecule has 0 N–H and O–H groups in total. The van der Waals surface area contributed by atoms with Gasteiger partial charge < -0.3 is 4.74 Å². The minimum atomic E-state index is 0.219. The van der Waals surface area contributed by atoms with Gasteiger partial charge in [-0.15, -0.1) is 0 Å². The topological polar surface area (TPSA) is 33.0 Å². The van der Waals surface area contributed by atoms with Gasteiger partial charge in [0.15, 0.2) is 0 Å². The van der Waals surface area contributed by atoms with Crippen LogP contribution in [0.25, 0.3) is 0 Å². The molecule has 0 spiro atoms. The molecule has 1 aromatic rings. The molecule has 0 amide bonds. The fraction of sp³-hybridized carbons (Fsp3) is 0.462. The Labute approximate surface area is 91.5 Å². The van der Waals surface area contributed by atoms with Gasteiger partial charge in [0.2, 0.25) is 0 Å². The van der Waals surface area contributed by atoms with E-state index >= 15 is 0 Å². The van der Waals surface area contributed by atoms with Crippen LogP contribution in [0.2, 0.25) is 0 Å². The van der Waals surface area contributed by atoms with Gasteiger partial charge in [-0.3, -0.25) is 0 Å². The maximum absolute atomic E-state index is 8.89. The van der Waals surface area contributed by atoms with E-state index in [1.165, 1.54) is 0 Å². The van der Waals surface area contributed by atoms with E-state index in [0.717, 1.165) is 5.56 Å². The second-order valence-electron chi connectivity index (χ2n) is 4.03. The van der Waals surface area contributed by atoms with Gasteiger partial charge in [-0.2, -0.15) is 5.26 Å². The summed E-state index contributed by atoms with van der Waals surface area (Å²) in [7, 11) is 0. The lowest BCUT2D eigenvalue weighted by Crippen LogP contribution is -2.15. The minimum absolute atomic E-state index is 0.219. The first-order chi connectivity index (χ1) is 7.15. The molecule has 1 atom stereocenters. The smallest absolute Gasteiger partial charge is 0.0995 e. The molecule has 1 unspecified atom stereocenters. The van der Waals surface area contributed by atoms with Gasteiger partial charge in [0.1, 0.15) is 0 Å². The van der Waals surface area contributed by atoms with Crippen molar-refractivity contribution in [3.8, 4) is 6.07 Å². The van der Waals surface area contributed by atoms with Gasteiger partial charge in [0.05, 0.1) is 24.3 Å². The van der Waals surface area contributed by atoms with Gasteiger partial charge in [-0.1, -0.05) is 32.0 Å². The molecule has 0 fully saturated rings. The van der Waals surface area contributed by atoms with Crippen LogP contribution in [0.5, 0.6) is 0 Å². The highest BCUT2D eigenvalue weighted by Crippen LogP contribution is 2.12. The molecule has 0 aliphatic heterocycles. The Morgan fingerprint density at radius 3 is 2.53 bits per heavy atom. The summed E-state index contributed by atoms with van der Waals surface area (Å²) >= 11 is 0. The van der Waals surface area contributed by atoms with E-state index in [-0.39, 0.29) is 6.10 Å². The Kier molecular flexibility index (Phi) is 4.33. The van der Waals surface area contributed by atoms with E-state index < -0.39 is 0 Å². The van der Waals surface area contributed by atoms with Crippen LogP contribution in [0, 0.1) is 17.2 Å². The van der Waals surface area contributed by atoms with Crippen molar-refractivity contribution in [1.29, 1.82) is 5.26 Å². The van der Waals surface area contributed by atoms with Crippen LogP contribution in [-0.2, 0) is 11.3 Å². The maximum atomic E-state index is 8.89. The monoisotopic (exact) mass is 203 g/mol. The number of rotatable bonds is 4. The summed E-state index contributed by atoms with van der Waals surface area (Å²) in [6.07, 6.45) is 0.219. The summed E-state index contributed by atoms with van der Waals surface area (Å²) in [4.78, 5) is 0. The van der Waals surface area contributed by atoms with E-state index in [9.17, 15) is 0 Å². The summed E-state index contributed by atoms with van der Waals surface area (Å²) in [5, 5.41) is 8.89. The van der Waals surface area contributed by atoms with Gasteiger partial charge in [0.25, 0.3) is 0 Å². The van der Waals surface area contributed by atoms with E-state index in [4.69, 9.17) is 10.00 Å². The molecule has 15 heavy (non-hydrogen) atoms. The molecule has 0 radical (unpaired) electrons. The number of nitrogens with zero attached hydrogens (tertiary/aromatic N) is 1. The van der Waals surface area contributed by atoms with Crippen LogP contribution >= 0.6 is 0 Å². The van der Waals surface area contributed by atoms with Crippen LogP contribution in [-0.4, -0.2) is 6.10 Å².